The maximum Gasteiger partial charge on any atom is 0.251 e. The molecule has 0 aliphatic carbocycles. The lowest BCUT2D eigenvalue weighted by Gasteiger charge is -2.39. The summed E-state index contributed by atoms with van der Waals surface area (Å²) >= 11 is 0. The van der Waals surface area contributed by atoms with Gasteiger partial charge < -0.3 is 71.3 Å². The minimum absolute atomic E-state index is 0.103. The molecule has 0 radical (unpaired) electrons. The third-order valence-corrected chi connectivity index (χ3v) is 29.0. The monoisotopic (exact) mass is 1940 g/mol. The van der Waals surface area contributed by atoms with Gasteiger partial charge >= 0.3 is 0 Å². The highest BCUT2D eigenvalue weighted by atomic mass is 16.7. The van der Waals surface area contributed by atoms with Crippen LogP contribution in [0.4, 0.5) is 0 Å². The zero-order valence-corrected chi connectivity index (χ0v) is 83.2. The van der Waals surface area contributed by atoms with Gasteiger partial charge in [0.05, 0.1) is 53.3 Å². The molecule has 8 N–H and O–H groups in total. The molecule has 6 aliphatic heterocycles. The number of hydrogen-bond acceptors (Lipinski definition) is 23. The molecule has 0 bridgehead atoms. The van der Waals surface area contributed by atoms with Crippen LogP contribution in [0.15, 0.2) is 91.4 Å². The van der Waals surface area contributed by atoms with E-state index >= 15 is 0 Å². The Labute approximate surface area is 818 Å². The Balaban J connectivity index is 0.000000216. The summed E-state index contributed by atoms with van der Waals surface area (Å²) in [6.07, 6.45) is 16.4. The normalized spacial score (nSPS) is 23.8. The van der Waals surface area contributed by atoms with E-state index < -0.39 is 137 Å². The quantitative estimate of drug-likeness (QED) is 0.0103. The molecular weight excluding hydrogens is 1800 g/mol. The largest absolute Gasteiger partial charge is 0.417 e. The van der Waals surface area contributed by atoms with Crippen molar-refractivity contribution in [2.24, 2.45) is 35.5 Å². The number of aromatic nitrogens is 3. The van der Waals surface area contributed by atoms with Crippen LogP contribution in [-0.4, -0.2) is 252 Å². The van der Waals surface area contributed by atoms with Crippen LogP contribution in [0.3, 0.4) is 0 Å². The van der Waals surface area contributed by atoms with Gasteiger partial charge in [-0.3, -0.25) is 86.3 Å². The molecule has 0 saturated carbocycles. The Morgan fingerprint density at radius 3 is 0.971 bits per heavy atom. The van der Waals surface area contributed by atoms with Gasteiger partial charge in [0.1, 0.15) is 57.4 Å². The van der Waals surface area contributed by atoms with Crippen LogP contribution in [0.5, 0.6) is 0 Å². The Kier molecular flexibility index (Phi) is 41.1. The molecule has 35 heteroatoms. The van der Waals surface area contributed by atoms with Gasteiger partial charge in [-0.15, -0.1) is 0 Å². The van der Waals surface area contributed by atoms with Crippen molar-refractivity contribution in [3.63, 3.8) is 0 Å². The van der Waals surface area contributed by atoms with Crippen LogP contribution in [0.2, 0.25) is 0 Å². The van der Waals surface area contributed by atoms with Crippen molar-refractivity contribution in [3.05, 3.63) is 108 Å². The van der Waals surface area contributed by atoms with Crippen molar-refractivity contribution in [1.82, 2.24) is 60.8 Å². The third kappa shape index (κ3) is 27.1. The highest BCUT2D eigenvalue weighted by molar-refractivity contribution is 6.23. The number of unbranched alkanes of at least 4 members (excludes halogenated alkanes) is 5. The molecule has 6 aliphatic rings. The number of ketones is 9. The average molecular weight is 1940 g/mol. The molecule has 6 fully saturated rings. The molecule has 5 unspecified atom stereocenters. The van der Waals surface area contributed by atoms with E-state index in [0.29, 0.717) is 168 Å². The van der Waals surface area contributed by atoms with E-state index in [1.807, 2.05) is 48.5 Å². The number of amides is 9. The maximum atomic E-state index is 14.2. The third-order valence-electron chi connectivity index (χ3n) is 29.0. The van der Waals surface area contributed by atoms with Gasteiger partial charge in [-0.1, -0.05) is 168 Å². The first-order valence-corrected chi connectivity index (χ1v) is 50.4. The van der Waals surface area contributed by atoms with E-state index in [-0.39, 0.29) is 138 Å². The summed E-state index contributed by atoms with van der Waals surface area (Å²) in [6.45, 7) is 17.3. The van der Waals surface area contributed by atoms with Crippen molar-refractivity contribution in [2.75, 3.05) is 41.0 Å². The molecule has 17 atom stereocenters. The average Bonchev–Trinajstić information content (AvgIpc) is 1.61. The number of fused-ring (bicyclic) bond motifs is 6. The van der Waals surface area contributed by atoms with Crippen molar-refractivity contribution in [3.8, 4) is 0 Å². The van der Waals surface area contributed by atoms with E-state index in [9.17, 15) is 96.5 Å². The van der Waals surface area contributed by atoms with Gasteiger partial charge in [-0.2, -0.15) is 14.2 Å². The fourth-order valence-corrected chi connectivity index (χ4v) is 19.8. The number of Topliss-reactive ketones (excluding diaryl/α,β-unsaturated/α-hetero) is 9. The summed E-state index contributed by atoms with van der Waals surface area (Å²) in [5, 5.41) is 37.6. The van der Waals surface area contributed by atoms with Crippen molar-refractivity contribution >= 4 is 138 Å². The van der Waals surface area contributed by atoms with Gasteiger partial charge in [0.15, 0.2) is 64.4 Å². The second-order valence-electron chi connectivity index (χ2n) is 38.3. The van der Waals surface area contributed by atoms with Crippen LogP contribution < -0.4 is 46.4 Å². The minimum atomic E-state index is -1.68. The number of carbonyl (C=O) groups excluding carboxylic acids is 18. The number of aliphatic hydroxyl groups excluding tert-OH is 2. The summed E-state index contributed by atoms with van der Waals surface area (Å²) in [5.74, 6) is -11.7. The molecule has 0 spiro atoms. The van der Waals surface area contributed by atoms with E-state index in [1.54, 1.807) is 94.4 Å². The van der Waals surface area contributed by atoms with Crippen LogP contribution in [0.25, 0.3) is 32.7 Å². The first-order chi connectivity index (χ1) is 67.1. The molecule has 35 nitrogen and oxygen atoms in total. The highest BCUT2D eigenvalue weighted by Crippen LogP contribution is 2.34. The lowest BCUT2D eigenvalue weighted by molar-refractivity contribution is -0.147. The SMILES string of the molecule is CCC(=O)C(O)CCCC[C@@H]1CC(=O)[C@H]2CCCCN2C(=O)[C@H](C(C)CC)NC(=O)[C@H](C(=O)c2cn(OC)c3ccccc23)NC1=O.CCC(=O)CCCCC[C@@H]1CC(=O)[C@H]2CCCCN2C(=O)[C@H](C(C)CC)NC(=O)[C@H](C(=O)c2cn(OC)c3ccccc23)NC1=O.CCC(C)[C@@H]1NC(=O)[C@H](C(=O)c2cn(OC)c3ccccc23)NC(=O)[C@H](CCCCCC(=O)C(C)O)CC(=O)[C@H]2CCCCN2C1=O. The fraction of sp³-hybridized carbons (Fsp3) is 0.600. The molecule has 9 amide bonds. The Hall–Kier alpha value is -12.1. The summed E-state index contributed by atoms with van der Waals surface area (Å²) in [4.78, 5) is 267. The van der Waals surface area contributed by atoms with E-state index in [1.165, 1.54) is 61.0 Å². The number of piperidine rings is 3. The summed E-state index contributed by atoms with van der Waals surface area (Å²) < 4.78 is 4.23. The highest BCUT2D eigenvalue weighted by Gasteiger charge is 2.48. The number of carbonyl (C=O) groups is 18. The van der Waals surface area contributed by atoms with Gasteiger partial charge in [-0.05, 0) is 139 Å². The van der Waals surface area contributed by atoms with Crippen LogP contribution in [0.1, 0.15) is 292 Å². The molecule has 12 rings (SSSR count). The standard InChI is InChI=1S/2C35H48N4O8.C35H48N4O7/c1-5-21(2)30-35(46)38-18-12-11-16-27(38)29(42)19-23(13-7-6-8-17-28(41)22(3)40)33(44)37-31(34(45)36-30)32(43)25-20-39(47-4)26-15-10-9-14-24(25)26;1-5-21(3)30-35(46)38-18-12-11-16-26(38)29(42)19-22(13-7-10-17-28(41)27(40)6-2)33(44)37-31(34(45)36-30)32(43)24-20-39(47-4)25-15-9-8-14-23(24)25;1-5-22(3)30-35(45)38-19-13-12-18-28(38)29(41)20-23(14-8-7-9-15-24(40)6-2)33(43)37-31(34(44)36-30)32(42)26-21-39(46-4)27-17-11-10-16-25(26)27/h9-10,14-15,20-23,27,30-31,40H,5-8,11-13,16-19H2,1-4H3,(H,36,45)(H,37,44);8-9,14-15,20-22,26,28,30-31,41H,5-7,10-13,16-19H2,1-4H3,(H,36,45)(H,37,44);10-11,16-17,21-23,28,30-31H,5-9,12-15,18-20H2,1-4H3,(H,36,44)(H,37,43)/t21?,22?,23-,27-,30+,31+;21?,22-,26-,28?,30+,31+;22?,23-,28-,30+,31+/m111/s1. The summed E-state index contributed by atoms with van der Waals surface area (Å²) in [6, 6.07) is 11.1. The number of para-hydroxylation sites is 3. The smallest absolute Gasteiger partial charge is 0.251 e. The van der Waals surface area contributed by atoms with Crippen molar-refractivity contribution in [2.45, 2.75) is 328 Å². The molecule has 3 aromatic carbocycles. The molecule has 6 saturated heterocycles. The summed E-state index contributed by atoms with van der Waals surface area (Å²) in [5.41, 5.74) is 2.30. The van der Waals surface area contributed by atoms with E-state index in [0.717, 1.165) is 32.1 Å². The zero-order valence-electron chi connectivity index (χ0n) is 83.2. The first-order valence-electron chi connectivity index (χ1n) is 50.4. The second kappa shape index (κ2) is 52.4. The minimum Gasteiger partial charge on any atom is -0.417 e. The summed E-state index contributed by atoms with van der Waals surface area (Å²) in [7, 11) is 4.35. The predicted molar refractivity (Wildman–Crippen MR) is 522 cm³/mol. The first kappa shape index (κ1) is 110. The number of rotatable bonds is 36. The van der Waals surface area contributed by atoms with E-state index in [4.69, 9.17) is 14.5 Å². The number of nitrogens with one attached hydrogen (secondary N) is 6. The fourth-order valence-electron chi connectivity index (χ4n) is 19.8. The van der Waals surface area contributed by atoms with Crippen LogP contribution in [0, 0.1) is 35.5 Å². The molecule has 762 valence electrons. The lowest BCUT2D eigenvalue weighted by Crippen LogP contribution is -2.62. The van der Waals surface area contributed by atoms with E-state index in [2.05, 4.69) is 31.9 Å². The van der Waals surface area contributed by atoms with Crippen molar-refractivity contribution < 1.29 is 111 Å². The predicted octanol–water partition coefficient (Wildman–Crippen LogP) is 9.34. The van der Waals surface area contributed by atoms with Crippen LogP contribution in [-0.2, 0) is 71.9 Å². The topological polar surface area (TPSA) is 472 Å². The number of nitrogens with zero attached hydrogens (tertiary/aromatic N) is 6. The van der Waals surface area contributed by atoms with Crippen LogP contribution >= 0.6 is 0 Å². The van der Waals surface area contributed by atoms with Gasteiger partial charge in [0, 0.05) is 115 Å². The van der Waals surface area contributed by atoms with Gasteiger partial charge in [-0.25, -0.2) is 0 Å². The van der Waals surface area contributed by atoms with Gasteiger partial charge in [0.2, 0.25) is 35.4 Å². The molecule has 3 aromatic heterocycles. The van der Waals surface area contributed by atoms with Crippen molar-refractivity contribution in [1.29, 1.82) is 0 Å². The number of hydrogen-bond donors (Lipinski definition) is 8. The zero-order chi connectivity index (χ0) is 102. The molecular formula is C105H144N12O23. The second-order valence-corrected chi connectivity index (χ2v) is 38.3. The Bertz CT molecular complexity index is 5460. The molecule has 9 heterocycles. The molecule has 140 heavy (non-hydrogen) atoms. The number of benzene rings is 3. The maximum absolute atomic E-state index is 14.2. The lowest BCUT2D eigenvalue weighted by atomic mass is 9.87. The Morgan fingerprint density at radius 2 is 0.679 bits per heavy atom. The number of aliphatic hydroxyl groups is 2. The Morgan fingerprint density at radius 1 is 0.371 bits per heavy atom. The van der Waals surface area contributed by atoms with Gasteiger partial charge in [0.25, 0.3) is 17.7 Å². The molecule has 6 aromatic rings.